The number of hydrogen-bond acceptors (Lipinski definition) is 3. The average molecular weight is 335 g/mol. The van der Waals surface area contributed by atoms with Crippen LogP contribution >= 0.6 is 15.9 Å². The van der Waals surface area contributed by atoms with Gasteiger partial charge in [-0.1, -0.05) is 0 Å². The summed E-state index contributed by atoms with van der Waals surface area (Å²) in [6.07, 6.45) is 6.51. The average Bonchev–Trinajstić information content (AvgIpc) is 2.82. The molecule has 3 rings (SSSR count). The van der Waals surface area contributed by atoms with Gasteiger partial charge >= 0.3 is 0 Å². The summed E-state index contributed by atoms with van der Waals surface area (Å²) in [5.41, 5.74) is 2.78. The number of halogens is 1. The van der Waals surface area contributed by atoms with Crippen molar-refractivity contribution in [2.24, 2.45) is 7.05 Å². The molecule has 0 saturated carbocycles. The lowest BCUT2D eigenvalue weighted by molar-refractivity contribution is 0.0927. The van der Waals surface area contributed by atoms with Gasteiger partial charge in [0.1, 0.15) is 5.69 Å². The van der Waals surface area contributed by atoms with Crippen LogP contribution in [-0.2, 0) is 13.5 Å². The van der Waals surface area contributed by atoms with Crippen molar-refractivity contribution < 1.29 is 4.79 Å². The minimum absolute atomic E-state index is 0.0328. The maximum absolute atomic E-state index is 12.2. The van der Waals surface area contributed by atoms with Gasteiger partial charge in [0, 0.05) is 29.0 Å². The lowest BCUT2D eigenvalue weighted by Crippen LogP contribution is -2.31. The van der Waals surface area contributed by atoms with Crippen molar-refractivity contribution in [2.75, 3.05) is 0 Å². The maximum atomic E-state index is 12.2. The normalized spacial score (nSPS) is 17.6. The Hall–Kier alpha value is -1.69. The van der Waals surface area contributed by atoms with E-state index in [4.69, 9.17) is 0 Å². The third kappa shape index (κ3) is 2.47. The van der Waals surface area contributed by atoms with Crippen LogP contribution in [0.4, 0.5) is 0 Å². The van der Waals surface area contributed by atoms with Gasteiger partial charge in [-0.15, -0.1) is 0 Å². The second-order valence-corrected chi connectivity index (χ2v) is 5.87. The first kappa shape index (κ1) is 13.3. The van der Waals surface area contributed by atoms with Crippen LogP contribution in [-0.4, -0.2) is 20.7 Å². The van der Waals surface area contributed by atoms with Gasteiger partial charge in [0.15, 0.2) is 0 Å². The van der Waals surface area contributed by atoms with Gasteiger partial charge < -0.3 is 5.32 Å². The first-order valence-corrected chi connectivity index (χ1v) is 7.37. The molecule has 1 N–H and O–H groups in total. The van der Waals surface area contributed by atoms with E-state index < -0.39 is 0 Å². The molecule has 1 unspecified atom stereocenters. The lowest BCUT2D eigenvalue weighted by atomic mass is 9.93. The number of aryl methyl sites for hydroxylation is 1. The van der Waals surface area contributed by atoms with Crippen molar-refractivity contribution in [3.8, 4) is 0 Å². The largest absolute Gasteiger partial charge is 0.344 e. The maximum Gasteiger partial charge on any atom is 0.270 e. The first-order valence-electron chi connectivity index (χ1n) is 6.58. The Morgan fingerprint density at radius 1 is 1.45 bits per heavy atom. The third-order valence-electron chi connectivity index (χ3n) is 3.64. The molecule has 2 aromatic heterocycles. The minimum Gasteiger partial charge on any atom is -0.344 e. The fourth-order valence-corrected chi connectivity index (χ4v) is 2.83. The summed E-state index contributed by atoms with van der Waals surface area (Å²) in [6, 6.07) is 3.57. The van der Waals surface area contributed by atoms with Gasteiger partial charge in [-0.05, 0) is 47.3 Å². The van der Waals surface area contributed by atoms with Crippen LogP contribution in [0.5, 0.6) is 0 Å². The number of nitrogens with zero attached hydrogens (tertiary/aromatic N) is 3. The Bertz CT molecular complexity index is 635. The van der Waals surface area contributed by atoms with Gasteiger partial charge in [0.05, 0.1) is 12.2 Å². The molecular formula is C14H15BrN4O. The molecule has 0 saturated heterocycles. The van der Waals surface area contributed by atoms with Gasteiger partial charge in [-0.25, -0.2) is 4.98 Å². The van der Waals surface area contributed by atoms with Crippen molar-refractivity contribution in [3.05, 3.63) is 46.0 Å². The summed E-state index contributed by atoms with van der Waals surface area (Å²) in [4.78, 5) is 16.3. The predicted molar refractivity (Wildman–Crippen MR) is 78.3 cm³/mol. The zero-order valence-corrected chi connectivity index (χ0v) is 12.7. The summed E-state index contributed by atoms with van der Waals surface area (Å²) in [7, 11) is 1.94. The zero-order valence-electron chi connectivity index (χ0n) is 11.1. The van der Waals surface area contributed by atoms with Crippen LogP contribution in [0.3, 0.4) is 0 Å². The Morgan fingerprint density at radius 2 is 2.30 bits per heavy atom. The summed E-state index contributed by atoms with van der Waals surface area (Å²) < 4.78 is 2.76. The van der Waals surface area contributed by atoms with Crippen molar-refractivity contribution in [1.82, 2.24) is 20.1 Å². The first-order chi connectivity index (χ1) is 9.65. The predicted octanol–water partition coefficient (Wildman–Crippen LogP) is 2.39. The monoisotopic (exact) mass is 334 g/mol. The highest BCUT2D eigenvalue weighted by Gasteiger charge is 2.25. The number of hydrogen-bond donors (Lipinski definition) is 1. The third-order valence-corrected chi connectivity index (χ3v) is 4.11. The molecule has 0 spiro atoms. The number of aromatic nitrogens is 3. The van der Waals surface area contributed by atoms with Gasteiger partial charge in [0.25, 0.3) is 5.91 Å². The van der Waals surface area contributed by atoms with Crippen molar-refractivity contribution in [1.29, 1.82) is 0 Å². The highest BCUT2D eigenvalue weighted by atomic mass is 79.9. The van der Waals surface area contributed by atoms with E-state index in [1.54, 1.807) is 12.3 Å². The smallest absolute Gasteiger partial charge is 0.270 e. The molecule has 0 aliphatic heterocycles. The molecule has 5 nitrogen and oxygen atoms in total. The highest BCUT2D eigenvalue weighted by molar-refractivity contribution is 9.10. The van der Waals surface area contributed by atoms with Crippen molar-refractivity contribution in [2.45, 2.75) is 25.3 Å². The molecule has 1 aliphatic carbocycles. The van der Waals surface area contributed by atoms with Crippen LogP contribution in [0, 0.1) is 0 Å². The van der Waals surface area contributed by atoms with E-state index in [1.807, 2.05) is 24.0 Å². The molecule has 0 aromatic carbocycles. The van der Waals surface area contributed by atoms with Crippen LogP contribution in [0.2, 0.25) is 0 Å². The Kier molecular flexibility index (Phi) is 3.56. The topological polar surface area (TPSA) is 59.8 Å². The standard InChI is InChI=1S/C14H15BrN4O/c1-19-13-4-2-3-11(10(13)8-17-19)18-14(20)12-6-5-9(15)7-16-12/h5-8,11H,2-4H2,1H3,(H,18,20). The van der Waals surface area contributed by atoms with Gasteiger partial charge in [-0.2, -0.15) is 5.10 Å². The fraction of sp³-hybridized carbons (Fsp3) is 0.357. The van der Waals surface area contributed by atoms with Gasteiger partial charge in [0.2, 0.25) is 0 Å². The molecule has 104 valence electrons. The SMILES string of the molecule is Cn1ncc2c1CCCC2NC(=O)c1ccc(Br)cn1. The molecule has 2 heterocycles. The zero-order chi connectivity index (χ0) is 14.1. The second-order valence-electron chi connectivity index (χ2n) is 4.95. The number of rotatable bonds is 2. The Morgan fingerprint density at radius 3 is 3.05 bits per heavy atom. The second kappa shape index (κ2) is 5.36. The number of amides is 1. The van der Waals surface area contributed by atoms with Crippen molar-refractivity contribution >= 4 is 21.8 Å². The van der Waals surface area contributed by atoms with Gasteiger partial charge in [-0.3, -0.25) is 9.48 Å². The number of nitrogens with one attached hydrogen (secondary N) is 1. The van der Waals surface area contributed by atoms with E-state index in [0.29, 0.717) is 5.69 Å². The van der Waals surface area contributed by atoms with E-state index in [1.165, 1.54) is 5.69 Å². The lowest BCUT2D eigenvalue weighted by Gasteiger charge is -2.23. The molecular weight excluding hydrogens is 320 g/mol. The molecule has 1 atom stereocenters. The Labute approximate surface area is 125 Å². The number of pyridine rings is 1. The summed E-state index contributed by atoms with van der Waals surface area (Å²) in [5, 5.41) is 7.34. The molecule has 0 radical (unpaired) electrons. The summed E-state index contributed by atoms with van der Waals surface area (Å²) >= 11 is 3.31. The van der Waals surface area contributed by atoms with E-state index in [-0.39, 0.29) is 11.9 Å². The van der Waals surface area contributed by atoms with Crippen LogP contribution in [0.1, 0.15) is 40.6 Å². The molecule has 0 bridgehead atoms. The molecule has 2 aromatic rings. The van der Waals surface area contributed by atoms with Crippen LogP contribution in [0.15, 0.2) is 29.0 Å². The minimum atomic E-state index is -0.140. The van der Waals surface area contributed by atoms with E-state index in [0.717, 1.165) is 29.3 Å². The quantitative estimate of drug-likeness (QED) is 0.917. The highest BCUT2D eigenvalue weighted by Crippen LogP contribution is 2.29. The van der Waals surface area contributed by atoms with E-state index in [9.17, 15) is 4.79 Å². The Balaban J connectivity index is 1.78. The molecule has 6 heteroatoms. The molecule has 1 amide bonds. The van der Waals surface area contributed by atoms with Crippen LogP contribution in [0.25, 0.3) is 0 Å². The molecule has 1 aliphatic rings. The number of fused-ring (bicyclic) bond motifs is 1. The summed E-state index contributed by atoms with van der Waals surface area (Å²) in [6.45, 7) is 0. The van der Waals surface area contributed by atoms with Crippen molar-refractivity contribution in [3.63, 3.8) is 0 Å². The van der Waals surface area contributed by atoms with E-state index >= 15 is 0 Å². The fourth-order valence-electron chi connectivity index (χ4n) is 2.60. The van der Waals surface area contributed by atoms with Crippen LogP contribution < -0.4 is 5.32 Å². The number of carbonyl (C=O) groups excluding carboxylic acids is 1. The molecule has 20 heavy (non-hydrogen) atoms. The number of carbonyl (C=O) groups is 1. The van der Waals surface area contributed by atoms with E-state index in [2.05, 4.69) is 31.3 Å². The summed E-state index contributed by atoms with van der Waals surface area (Å²) in [5.74, 6) is -0.140. The molecule has 0 fully saturated rings.